The quantitative estimate of drug-likeness (QED) is 0.838. The first-order chi connectivity index (χ1) is 10.2. The van der Waals surface area contributed by atoms with Crippen LogP contribution >= 0.6 is 11.6 Å². The molecule has 2 aliphatic rings. The highest BCUT2D eigenvalue weighted by Gasteiger charge is 2.30. The molecule has 2 fully saturated rings. The summed E-state index contributed by atoms with van der Waals surface area (Å²) in [5.41, 5.74) is 5.69. The zero-order valence-corrected chi connectivity index (χ0v) is 13.3. The molecule has 0 aromatic carbocycles. The highest BCUT2D eigenvalue weighted by Crippen LogP contribution is 2.24. The number of halogens is 1. The van der Waals surface area contributed by atoms with Crippen LogP contribution in [0.2, 0.25) is 5.15 Å². The Hall–Kier alpha value is -1.11. The van der Waals surface area contributed by atoms with Crippen molar-refractivity contribution in [3.63, 3.8) is 0 Å². The van der Waals surface area contributed by atoms with E-state index < -0.39 is 0 Å². The van der Waals surface area contributed by atoms with E-state index in [2.05, 4.69) is 31.6 Å². The van der Waals surface area contributed by atoms with Gasteiger partial charge in [0, 0.05) is 51.4 Å². The summed E-state index contributed by atoms with van der Waals surface area (Å²) in [4.78, 5) is 15.6. The number of hydrogen-bond acceptors (Lipinski definition) is 6. The number of nitrogen functional groups attached to an aromatic ring is 1. The van der Waals surface area contributed by atoms with Crippen molar-refractivity contribution >= 4 is 23.4 Å². The van der Waals surface area contributed by atoms with Crippen molar-refractivity contribution in [3.8, 4) is 0 Å². The van der Waals surface area contributed by atoms with Crippen LogP contribution in [0.1, 0.15) is 13.3 Å². The van der Waals surface area contributed by atoms with E-state index in [0.717, 1.165) is 25.5 Å². The van der Waals surface area contributed by atoms with Crippen molar-refractivity contribution < 1.29 is 0 Å². The average molecular weight is 311 g/mol. The molecule has 21 heavy (non-hydrogen) atoms. The van der Waals surface area contributed by atoms with E-state index in [4.69, 9.17) is 17.3 Å². The summed E-state index contributed by atoms with van der Waals surface area (Å²) in [7, 11) is 0. The minimum Gasteiger partial charge on any atom is -0.368 e. The van der Waals surface area contributed by atoms with Crippen molar-refractivity contribution in [1.29, 1.82) is 0 Å². The monoisotopic (exact) mass is 310 g/mol. The Balaban J connectivity index is 1.60. The second kappa shape index (κ2) is 6.34. The van der Waals surface area contributed by atoms with Crippen LogP contribution in [0.5, 0.6) is 0 Å². The summed E-state index contributed by atoms with van der Waals surface area (Å²) in [5.74, 6) is 1.10. The lowest BCUT2D eigenvalue weighted by molar-refractivity contribution is 0.107. The summed E-state index contributed by atoms with van der Waals surface area (Å²) < 4.78 is 0. The number of nitrogens with zero attached hydrogens (tertiary/aromatic N) is 5. The number of anilines is 2. The standard InChI is InChI=1S/C14H23ClN6/c1-2-19-5-7-20(8-6-19)11-3-4-21(10-11)13-9-12(15)17-14(16)18-13/h9,11H,2-8,10H2,1H3,(H2,16,17,18). The molecule has 3 heterocycles. The molecule has 0 amide bonds. The van der Waals surface area contributed by atoms with Crippen LogP contribution in [0.25, 0.3) is 0 Å². The van der Waals surface area contributed by atoms with Crippen molar-refractivity contribution in [2.24, 2.45) is 0 Å². The van der Waals surface area contributed by atoms with Crippen LogP contribution in [0, 0.1) is 0 Å². The van der Waals surface area contributed by atoms with E-state index in [1.165, 1.54) is 32.6 Å². The Bertz CT molecular complexity index is 468. The Morgan fingerprint density at radius 3 is 2.67 bits per heavy atom. The van der Waals surface area contributed by atoms with E-state index in [-0.39, 0.29) is 5.95 Å². The minimum atomic E-state index is 0.248. The maximum Gasteiger partial charge on any atom is 0.223 e. The third-order valence-corrected chi connectivity index (χ3v) is 4.75. The topological polar surface area (TPSA) is 61.5 Å². The molecule has 0 saturated carbocycles. The lowest BCUT2D eigenvalue weighted by atomic mass is 10.2. The normalized spacial score (nSPS) is 24.7. The fourth-order valence-electron chi connectivity index (χ4n) is 3.28. The van der Waals surface area contributed by atoms with Crippen LogP contribution < -0.4 is 10.6 Å². The Morgan fingerprint density at radius 1 is 1.24 bits per heavy atom. The van der Waals surface area contributed by atoms with Crippen molar-refractivity contribution in [1.82, 2.24) is 19.8 Å². The van der Waals surface area contributed by atoms with Gasteiger partial charge in [-0.05, 0) is 13.0 Å². The van der Waals surface area contributed by atoms with E-state index in [0.29, 0.717) is 11.2 Å². The molecule has 0 spiro atoms. The van der Waals surface area contributed by atoms with Crippen LogP contribution in [-0.2, 0) is 0 Å². The van der Waals surface area contributed by atoms with Crippen LogP contribution in [0.4, 0.5) is 11.8 Å². The lowest BCUT2D eigenvalue weighted by Gasteiger charge is -2.37. The number of rotatable bonds is 3. The molecule has 2 aliphatic heterocycles. The van der Waals surface area contributed by atoms with E-state index in [1.807, 2.05) is 0 Å². The summed E-state index contributed by atoms with van der Waals surface area (Å²) in [6.45, 7) is 10.1. The summed E-state index contributed by atoms with van der Waals surface area (Å²) in [5, 5.41) is 0.414. The van der Waals surface area contributed by atoms with Crippen molar-refractivity contribution in [2.45, 2.75) is 19.4 Å². The van der Waals surface area contributed by atoms with Gasteiger partial charge in [-0.1, -0.05) is 18.5 Å². The van der Waals surface area contributed by atoms with Gasteiger partial charge in [0.2, 0.25) is 5.95 Å². The van der Waals surface area contributed by atoms with Gasteiger partial charge in [0.1, 0.15) is 11.0 Å². The second-order valence-electron chi connectivity index (χ2n) is 5.77. The molecule has 2 N–H and O–H groups in total. The van der Waals surface area contributed by atoms with Gasteiger partial charge in [-0.15, -0.1) is 0 Å². The first-order valence-corrected chi connectivity index (χ1v) is 8.05. The molecule has 0 aliphatic carbocycles. The third kappa shape index (κ3) is 3.39. The van der Waals surface area contributed by atoms with E-state index in [9.17, 15) is 0 Å². The maximum absolute atomic E-state index is 5.97. The fraction of sp³-hybridized carbons (Fsp3) is 0.714. The van der Waals surface area contributed by atoms with E-state index in [1.54, 1.807) is 6.07 Å². The average Bonchev–Trinajstić information content (AvgIpc) is 2.96. The maximum atomic E-state index is 5.97. The molecular formula is C14H23ClN6. The van der Waals surface area contributed by atoms with E-state index >= 15 is 0 Å². The number of aromatic nitrogens is 2. The molecule has 6 nitrogen and oxygen atoms in total. The summed E-state index contributed by atoms with van der Waals surface area (Å²) in [6, 6.07) is 2.41. The highest BCUT2D eigenvalue weighted by atomic mass is 35.5. The zero-order chi connectivity index (χ0) is 14.8. The van der Waals surface area contributed by atoms with Gasteiger partial charge in [0.25, 0.3) is 0 Å². The van der Waals surface area contributed by atoms with Gasteiger partial charge in [-0.2, -0.15) is 4.98 Å². The Morgan fingerprint density at radius 2 is 2.00 bits per heavy atom. The van der Waals surface area contributed by atoms with Crippen molar-refractivity contribution in [2.75, 3.05) is 56.4 Å². The molecular weight excluding hydrogens is 288 g/mol. The van der Waals surface area contributed by atoms with Crippen LogP contribution in [0.15, 0.2) is 6.07 Å². The number of likely N-dealkylation sites (N-methyl/N-ethyl adjacent to an activating group) is 1. The largest absolute Gasteiger partial charge is 0.368 e. The zero-order valence-electron chi connectivity index (χ0n) is 12.5. The predicted octanol–water partition coefficient (Wildman–Crippen LogP) is 0.928. The van der Waals surface area contributed by atoms with Gasteiger partial charge in [0.15, 0.2) is 0 Å². The van der Waals surface area contributed by atoms with Gasteiger partial charge in [-0.3, -0.25) is 4.90 Å². The molecule has 3 rings (SSSR count). The molecule has 7 heteroatoms. The van der Waals surface area contributed by atoms with Gasteiger partial charge >= 0.3 is 0 Å². The predicted molar refractivity (Wildman–Crippen MR) is 85.8 cm³/mol. The number of nitrogens with two attached hydrogens (primary N) is 1. The lowest BCUT2D eigenvalue weighted by Crippen LogP contribution is -2.50. The first kappa shape index (κ1) is 14.8. The molecule has 1 aromatic rings. The molecule has 116 valence electrons. The first-order valence-electron chi connectivity index (χ1n) is 7.67. The van der Waals surface area contributed by atoms with Gasteiger partial charge < -0.3 is 15.5 Å². The third-order valence-electron chi connectivity index (χ3n) is 4.56. The Labute approximate surface area is 130 Å². The van der Waals surface area contributed by atoms with Gasteiger partial charge in [0.05, 0.1) is 0 Å². The molecule has 1 aromatic heterocycles. The minimum absolute atomic E-state index is 0.248. The summed E-state index contributed by atoms with van der Waals surface area (Å²) in [6.07, 6.45) is 1.17. The molecule has 0 bridgehead atoms. The van der Waals surface area contributed by atoms with Crippen LogP contribution in [0.3, 0.4) is 0 Å². The molecule has 2 saturated heterocycles. The summed E-state index contributed by atoms with van der Waals surface area (Å²) >= 11 is 5.97. The molecule has 0 radical (unpaired) electrons. The number of piperazine rings is 1. The smallest absolute Gasteiger partial charge is 0.223 e. The fourth-order valence-corrected chi connectivity index (χ4v) is 3.46. The SMILES string of the molecule is CCN1CCN(C2CCN(c3cc(Cl)nc(N)n3)C2)CC1. The Kier molecular flexibility index (Phi) is 4.47. The second-order valence-corrected chi connectivity index (χ2v) is 6.15. The van der Waals surface area contributed by atoms with Crippen LogP contribution in [-0.4, -0.2) is 71.6 Å². The molecule has 1 atom stereocenters. The van der Waals surface area contributed by atoms with Gasteiger partial charge in [-0.25, -0.2) is 4.98 Å². The molecule has 1 unspecified atom stereocenters. The number of hydrogen-bond donors (Lipinski definition) is 1. The highest BCUT2D eigenvalue weighted by molar-refractivity contribution is 6.29. The van der Waals surface area contributed by atoms with Crippen molar-refractivity contribution in [3.05, 3.63) is 11.2 Å².